The Bertz CT molecular complexity index is 1000. The Labute approximate surface area is 236 Å². The van der Waals surface area contributed by atoms with Gasteiger partial charge in [0.25, 0.3) is 0 Å². The van der Waals surface area contributed by atoms with Crippen molar-refractivity contribution in [1.29, 1.82) is 0 Å². The highest BCUT2D eigenvalue weighted by Crippen LogP contribution is 2.41. The fraction of sp³-hybridized carbons (Fsp3) is 0.645. The molecule has 1 saturated heterocycles. The number of rotatable bonds is 5. The number of amides is 1. The minimum atomic E-state index is -0.0213. The van der Waals surface area contributed by atoms with E-state index in [1.807, 2.05) is 36.8 Å². The number of aliphatic imine (C=N–C) groups is 2. The largest absolute Gasteiger partial charge is 0.496 e. The smallest absolute Gasteiger partial charge is 0.209 e. The van der Waals surface area contributed by atoms with E-state index in [-0.39, 0.29) is 10.8 Å². The maximum Gasteiger partial charge on any atom is 0.209 e. The zero-order valence-corrected chi connectivity index (χ0v) is 26.5. The van der Waals surface area contributed by atoms with Gasteiger partial charge in [0.2, 0.25) is 6.41 Å². The Morgan fingerprint density at radius 1 is 1.11 bits per heavy atom. The van der Waals surface area contributed by atoms with Crippen LogP contribution in [0.15, 0.2) is 33.9 Å². The number of methoxy groups -OCH3 is 1. The summed E-state index contributed by atoms with van der Waals surface area (Å²) in [5.74, 6) is 3.77. The van der Waals surface area contributed by atoms with Crippen LogP contribution < -0.4 is 4.74 Å². The number of hydrogen-bond donors (Lipinski definition) is 0. The minimum Gasteiger partial charge on any atom is -0.496 e. The Kier molecular flexibility index (Phi) is 11.5. The number of hydrogen-bond acceptors (Lipinski definition) is 6. The quantitative estimate of drug-likeness (QED) is 0.241. The van der Waals surface area contributed by atoms with E-state index in [0.717, 1.165) is 61.3 Å². The molecule has 0 unspecified atom stereocenters. The monoisotopic (exact) mass is 542 g/mol. The van der Waals surface area contributed by atoms with Gasteiger partial charge in [0.15, 0.2) is 0 Å². The van der Waals surface area contributed by atoms with Gasteiger partial charge in [-0.1, -0.05) is 41.5 Å². The summed E-state index contributed by atoms with van der Waals surface area (Å²) in [5.41, 5.74) is 4.91. The lowest BCUT2D eigenvalue weighted by molar-refractivity contribution is -0.119. The predicted molar refractivity (Wildman–Crippen MR) is 165 cm³/mol. The maximum atomic E-state index is 10.9. The Balaban J connectivity index is 0.000000474. The number of ether oxygens (including phenoxy) is 1. The van der Waals surface area contributed by atoms with E-state index in [9.17, 15) is 4.79 Å². The molecule has 38 heavy (non-hydrogen) atoms. The molecule has 6 nitrogen and oxygen atoms in total. The van der Waals surface area contributed by atoms with Gasteiger partial charge in [0.1, 0.15) is 11.6 Å². The number of nitrogens with zero attached hydrogens (tertiary/aromatic N) is 4. The number of likely N-dealkylation sites (N-methyl/N-ethyl adjacent to an activating group) is 1. The van der Waals surface area contributed by atoms with Gasteiger partial charge in [0.05, 0.1) is 12.2 Å². The van der Waals surface area contributed by atoms with Gasteiger partial charge in [-0.25, -0.2) is 4.99 Å². The molecule has 0 aliphatic carbocycles. The highest BCUT2D eigenvalue weighted by atomic mass is 32.2. The molecule has 1 aromatic rings. The first kappa shape index (κ1) is 31.9. The highest BCUT2D eigenvalue weighted by Gasteiger charge is 2.28. The molecular weight excluding hydrogens is 492 g/mol. The summed E-state index contributed by atoms with van der Waals surface area (Å²) >= 11 is 1.84. The number of carbonyl (C=O) groups excluding carboxylic acids is 1. The van der Waals surface area contributed by atoms with Crippen LogP contribution in [0, 0.1) is 5.92 Å². The first-order valence-corrected chi connectivity index (χ1v) is 14.6. The van der Waals surface area contributed by atoms with Crippen molar-refractivity contribution in [2.75, 3.05) is 46.6 Å². The van der Waals surface area contributed by atoms with Gasteiger partial charge in [-0.3, -0.25) is 9.79 Å². The summed E-state index contributed by atoms with van der Waals surface area (Å²) in [7, 11) is 5.71. The van der Waals surface area contributed by atoms with Crippen LogP contribution in [0.1, 0.15) is 84.9 Å². The standard InChI is InChI=1S/C24H38N2O2S.C7H12N2/c1-23(2,3)19-13-18(14-20(21(19)28-8)24(4,5)6)22(25-7)29-15-17-9-11-26(16-27)12-10-17;1-6-4-8-7(2)9(3)5-6/h13-14,16-17H,9-12,15H2,1-8H3;4H,5H2,1-3H3. The fourth-order valence-corrected chi connectivity index (χ4v) is 5.76. The minimum absolute atomic E-state index is 0.0213. The van der Waals surface area contributed by atoms with Crippen LogP contribution in [-0.2, 0) is 15.6 Å². The van der Waals surface area contributed by atoms with Crippen LogP contribution in [0.3, 0.4) is 0 Å². The second kappa shape index (κ2) is 13.7. The number of carbonyl (C=O) groups is 1. The van der Waals surface area contributed by atoms with Gasteiger partial charge in [-0.2, -0.15) is 0 Å². The van der Waals surface area contributed by atoms with Crippen molar-refractivity contribution < 1.29 is 9.53 Å². The fourth-order valence-electron chi connectivity index (χ4n) is 4.62. The lowest BCUT2D eigenvalue weighted by Crippen LogP contribution is -2.33. The molecule has 0 atom stereocenters. The molecule has 212 valence electrons. The zero-order valence-electron chi connectivity index (χ0n) is 25.6. The van der Waals surface area contributed by atoms with Crippen molar-refractivity contribution in [2.45, 2.75) is 79.1 Å². The molecule has 3 rings (SSSR count). The van der Waals surface area contributed by atoms with Crippen LogP contribution in [0.25, 0.3) is 0 Å². The van der Waals surface area contributed by atoms with Gasteiger partial charge < -0.3 is 14.5 Å². The lowest BCUT2D eigenvalue weighted by atomic mass is 9.78. The molecule has 2 heterocycles. The van der Waals surface area contributed by atoms with Crippen molar-refractivity contribution in [3.8, 4) is 5.75 Å². The molecule has 0 aromatic heterocycles. The number of benzene rings is 1. The molecule has 1 aromatic carbocycles. The summed E-state index contributed by atoms with van der Waals surface area (Å²) in [6.07, 6.45) is 5.05. The molecule has 0 bridgehead atoms. The van der Waals surface area contributed by atoms with Crippen molar-refractivity contribution in [3.63, 3.8) is 0 Å². The third-order valence-corrected chi connectivity index (χ3v) is 8.45. The summed E-state index contributed by atoms with van der Waals surface area (Å²) in [6.45, 7) is 20.3. The van der Waals surface area contributed by atoms with Crippen molar-refractivity contribution in [3.05, 3.63) is 40.6 Å². The molecule has 1 amide bonds. The Hall–Kier alpha value is -2.28. The number of likely N-dealkylation sites (tertiary alicyclic amines) is 1. The van der Waals surface area contributed by atoms with Crippen LogP contribution in [0.2, 0.25) is 0 Å². The third-order valence-electron chi connectivity index (χ3n) is 7.12. The van der Waals surface area contributed by atoms with E-state index in [0.29, 0.717) is 5.92 Å². The highest BCUT2D eigenvalue weighted by molar-refractivity contribution is 8.14. The van der Waals surface area contributed by atoms with E-state index in [4.69, 9.17) is 4.74 Å². The van der Waals surface area contributed by atoms with E-state index in [1.165, 1.54) is 22.3 Å². The molecule has 1 fully saturated rings. The van der Waals surface area contributed by atoms with Crippen LogP contribution >= 0.6 is 11.8 Å². The van der Waals surface area contributed by atoms with Crippen LogP contribution in [0.4, 0.5) is 0 Å². The summed E-state index contributed by atoms with van der Waals surface area (Å²) in [6, 6.07) is 4.52. The lowest BCUT2D eigenvalue weighted by Gasteiger charge is -2.30. The Morgan fingerprint density at radius 2 is 1.66 bits per heavy atom. The normalized spacial score (nSPS) is 17.4. The van der Waals surface area contributed by atoms with Gasteiger partial charge in [0, 0.05) is 62.4 Å². The average molecular weight is 543 g/mol. The molecule has 7 heteroatoms. The first-order chi connectivity index (χ1) is 17.7. The second-order valence-electron chi connectivity index (χ2n) is 12.5. The second-order valence-corrected chi connectivity index (χ2v) is 13.5. The van der Waals surface area contributed by atoms with Crippen molar-refractivity contribution in [1.82, 2.24) is 9.80 Å². The van der Waals surface area contributed by atoms with E-state index in [2.05, 4.69) is 82.5 Å². The van der Waals surface area contributed by atoms with E-state index in [1.54, 1.807) is 7.11 Å². The van der Waals surface area contributed by atoms with Crippen LogP contribution in [0.5, 0.6) is 5.75 Å². The zero-order chi connectivity index (χ0) is 28.7. The molecule has 2 aliphatic heterocycles. The van der Waals surface area contributed by atoms with Gasteiger partial charge in [-0.05, 0) is 61.1 Å². The summed E-state index contributed by atoms with van der Waals surface area (Å²) < 4.78 is 5.89. The van der Waals surface area contributed by atoms with Gasteiger partial charge in [-0.15, -0.1) is 11.8 Å². The summed E-state index contributed by atoms with van der Waals surface area (Å²) in [4.78, 5) is 23.8. The maximum absolute atomic E-state index is 10.9. The number of amidine groups is 1. The SMILES string of the molecule is CC1=CN=C(C)N(C)C1.CN=C(SCC1CCN(C=O)CC1)c1cc(C(C)(C)C)c(OC)c(C(C)(C)C)c1. The molecular formula is C31H50N4O2S. The molecule has 0 N–H and O–H groups in total. The number of thioether (sulfide) groups is 1. The van der Waals surface area contributed by atoms with Crippen molar-refractivity contribution >= 4 is 29.1 Å². The first-order valence-electron chi connectivity index (χ1n) is 13.6. The molecule has 2 aliphatic rings. The van der Waals surface area contributed by atoms with Crippen LogP contribution in [-0.4, -0.2) is 73.7 Å². The summed E-state index contributed by atoms with van der Waals surface area (Å²) in [5, 5.41) is 1.08. The molecule has 0 saturated carbocycles. The number of piperidine rings is 1. The molecule has 0 spiro atoms. The van der Waals surface area contributed by atoms with Gasteiger partial charge >= 0.3 is 0 Å². The van der Waals surface area contributed by atoms with E-state index < -0.39 is 0 Å². The predicted octanol–water partition coefficient (Wildman–Crippen LogP) is 6.52. The Morgan fingerprint density at radius 3 is 2.05 bits per heavy atom. The topological polar surface area (TPSA) is 57.5 Å². The average Bonchev–Trinajstić information content (AvgIpc) is 2.86. The molecule has 0 radical (unpaired) electrons. The van der Waals surface area contributed by atoms with E-state index >= 15 is 0 Å². The third kappa shape index (κ3) is 8.89. The van der Waals surface area contributed by atoms with Crippen molar-refractivity contribution in [2.24, 2.45) is 15.9 Å².